The second kappa shape index (κ2) is 7.58. The summed E-state index contributed by atoms with van der Waals surface area (Å²) in [5.74, 6) is 0.764. The number of benzene rings is 1. The number of hydrogen-bond donors (Lipinski definition) is 2. The van der Waals surface area contributed by atoms with Crippen molar-refractivity contribution >= 4 is 29.9 Å². The first-order chi connectivity index (χ1) is 8.70. The van der Waals surface area contributed by atoms with E-state index >= 15 is 0 Å². The molecule has 1 amide bonds. The lowest BCUT2D eigenvalue weighted by atomic mass is 10.0. The topological polar surface area (TPSA) is 50.4 Å². The quantitative estimate of drug-likeness (QED) is 0.901. The molecule has 1 aromatic carbocycles. The Bertz CT molecular complexity index is 441. The maximum atomic E-state index is 11.7. The van der Waals surface area contributed by atoms with Crippen molar-refractivity contribution in [1.29, 1.82) is 0 Å². The summed E-state index contributed by atoms with van der Waals surface area (Å²) in [6.07, 6.45) is 1.79. The lowest BCUT2D eigenvalue weighted by Gasteiger charge is -2.18. The molecule has 2 rings (SSSR count). The third-order valence-electron chi connectivity index (χ3n) is 2.92. The highest BCUT2D eigenvalue weighted by atomic mass is 35.5. The molecule has 1 aromatic rings. The molecule has 1 aliphatic rings. The van der Waals surface area contributed by atoms with Gasteiger partial charge in [-0.3, -0.25) is 4.79 Å². The van der Waals surface area contributed by atoms with Crippen LogP contribution in [0, 0.1) is 0 Å². The van der Waals surface area contributed by atoms with Crippen LogP contribution in [0.15, 0.2) is 18.2 Å². The SMILES string of the molecule is CNCC(=O)NC1CCCOc2cc(Cl)ccc21.Cl. The minimum atomic E-state index is -0.00898. The maximum Gasteiger partial charge on any atom is 0.234 e. The third kappa shape index (κ3) is 4.27. The normalized spacial score (nSPS) is 17.5. The molecule has 4 nitrogen and oxygen atoms in total. The number of carbonyl (C=O) groups excluding carboxylic acids is 1. The largest absolute Gasteiger partial charge is 0.493 e. The van der Waals surface area contributed by atoms with Crippen LogP contribution in [0.1, 0.15) is 24.4 Å². The molecule has 0 aromatic heterocycles. The molecular formula is C13H18Cl2N2O2. The highest BCUT2D eigenvalue weighted by Gasteiger charge is 2.21. The van der Waals surface area contributed by atoms with E-state index in [1.807, 2.05) is 12.1 Å². The van der Waals surface area contributed by atoms with Gasteiger partial charge in [-0.15, -0.1) is 12.4 Å². The Labute approximate surface area is 124 Å². The highest BCUT2D eigenvalue weighted by molar-refractivity contribution is 6.30. The average molecular weight is 305 g/mol. The smallest absolute Gasteiger partial charge is 0.234 e. The minimum Gasteiger partial charge on any atom is -0.493 e. The zero-order valence-electron chi connectivity index (χ0n) is 10.7. The molecule has 0 saturated heterocycles. The molecule has 6 heteroatoms. The van der Waals surface area contributed by atoms with Crippen molar-refractivity contribution in [3.63, 3.8) is 0 Å². The molecule has 1 heterocycles. The van der Waals surface area contributed by atoms with Gasteiger partial charge in [0.15, 0.2) is 0 Å². The Balaban J connectivity index is 0.00000180. The predicted octanol–water partition coefficient (Wildman–Crippen LogP) is 2.31. The van der Waals surface area contributed by atoms with E-state index in [2.05, 4.69) is 10.6 Å². The number of fused-ring (bicyclic) bond motifs is 1. The molecule has 0 bridgehead atoms. The van der Waals surface area contributed by atoms with Crippen LogP contribution in [-0.4, -0.2) is 26.1 Å². The van der Waals surface area contributed by atoms with Crippen molar-refractivity contribution in [3.8, 4) is 5.75 Å². The average Bonchev–Trinajstić information content (AvgIpc) is 2.52. The molecule has 1 atom stereocenters. The number of likely N-dealkylation sites (N-methyl/N-ethyl adjacent to an activating group) is 1. The van der Waals surface area contributed by atoms with Crippen LogP contribution in [-0.2, 0) is 4.79 Å². The minimum absolute atomic E-state index is 0. The van der Waals surface area contributed by atoms with Crippen molar-refractivity contribution < 1.29 is 9.53 Å². The molecule has 0 spiro atoms. The van der Waals surface area contributed by atoms with Gasteiger partial charge in [-0.25, -0.2) is 0 Å². The molecule has 1 unspecified atom stereocenters. The van der Waals surface area contributed by atoms with Gasteiger partial charge in [0.1, 0.15) is 5.75 Å². The Morgan fingerprint density at radius 3 is 3.05 bits per heavy atom. The van der Waals surface area contributed by atoms with Gasteiger partial charge in [-0.05, 0) is 32.0 Å². The number of carbonyl (C=O) groups is 1. The van der Waals surface area contributed by atoms with E-state index in [4.69, 9.17) is 16.3 Å². The van der Waals surface area contributed by atoms with Crippen LogP contribution in [0.5, 0.6) is 5.75 Å². The predicted molar refractivity (Wildman–Crippen MR) is 78.2 cm³/mol. The molecule has 19 heavy (non-hydrogen) atoms. The van der Waals surface area contributed by atoms with Gasteiger partial charge < -0.3 is 15.4 Å². The second-order valence-corrected chi connectivity index (χ2v) is 4.76. The summed E-state index contributed by atoms with van der Waals surface area (Å²) in [7, 11) is 1.75. The molecule has 106 valence electrons. The first-order valence-electron chi connectivity index (χ1n) is 6.07. The second-order valence-electron chi connectivity index (χ2n) is 4.32. The Morgan fingerprint density at radius 2 is 2.32 bits per heavy atom. The van der Waals surface area contributed by atoms with Gasteiger partial charge in [0.25, 0.3) is 0 Å². The molecular weight excluding hydrogens is 287 g/mol. The van der Waals surface area contributed by atoms with E-state index in [-0.39, 0.29) is 24.4 Å². The van der Waals surface area contributed by atoms with Crippen LogP contribution >= 0.6 is 24.0 Å². The summed E-state index contributed by atoms with van der Waals surface area (Å²) in [5.41, 5.74) is 1.00. The summed E-state index contributed by atoms with van der Waals surface area (Å²) in [5, 5.41) is 6.50. The molecule has 0 aliphatic carbocycles. The van der Waals surface area contributed by atoms with Crippen molar-refractivity contribution in [2.75, 3.05) is 20.2 Å². The van der Waals surface area contributed by atoms with Crippen molar-refractivity contribution in [2.45, 2.75) is 18.9 Å². The first kappa shape index (κ1) is 16.1. The lowest BCUT2D eigenvalue weighted by molar-refractivity contribution is -0.120. The standard InChI is InChI=1S/C13H17ClN2O2.ClH/c1-15-8-13(17)16-11-3-2-6-18-12-7-9(14)4-5-10(11)12;/h4-5,7,11,15H,2-3,6,8H2,1H3,(H,16,17);1H. The molecule has 0 saturated carbocycles. The number of rotatable bonds is 3. The van der Waals surface area contributed by atoms with E-state index in [1.54, 1.807) is 13.1 Å². The number of hydrogen-bond acceptors (Lipinski definition) is 3. The Morgan fingerprint density at radius 1 is 1.53 bits per heavy atom. The fraction of sp³-hybridized carbons (Fsp3) is 0.462. The Kier molecular flexibility index (Phi) is 6.42. The molecule has 0 radical (unpaired) electrons. The van der Waals surface area contributed by atoms with Gasteiger partial charge in [-0.1, -0.05) is 17.7 Å². The van der Waals surface area contributed by atoms with Gasteiger partial charge in [0, 0.05) is 10.6 Å². The fourth-order valence-electron chi connectivity index (χ4n) is 2.10. The maximum absolute atomic E-state index is 11.7. The van der Waals surface area contributed by atoms with Crippen LogP contribution < -0.4 is 15.4 Å². The number of halogens is 2. The summed E-state index contributed by atoms with van der Waals surface area (Å²) in [6.45, 7) is 0.978. The van der Waals surface area contributed by atoms with Crippen LogP contribution in [0.3, 0.4) is 0 Å². The summed E-state index contributed by atoms with van der Waals surface area (Å²) >= 11 is 5.96. The Hall–Kier alpha value is -0.970. The first-order valence-corrected chi connectivity index (χ1v) is 6.44. The van der Waals surface area contributed by atoms with E-state index in [9.17, 15) is 4.79 Å². The van der Waals surface area contributed by atoms with Crippen LogP contribution in [0.25, 0.3) is 0 Å². The fourth-order valence-corrected chi connectivity index (χ4v) is 2.26. The van der Waals surface area contributed by atoms with Crippen LogP contribution in [0.2, 0.25) is 5.02 Å². The van der Waals surface area contributed by atoms with Crippen LogP contribution in [0.4, 0.5) is 0 Å². The van der Waals surface area contributed by atoms with E-state index in [1.165, 1.54) is 0 Å². The van der Waals surface area contributed by atoms with Crippen molar-refractivity contribution in [3.05, 3.63) is 28.8 Å². The van der Waals surface area contributed by atoms with Gasteiger partial charge in [0.05, 0.1) is 19.2 Å². The third-order valence-corrected chi connectivity index (χ3v) is 3.15. The summed E-state index contributed by atoms with van der Waals surface area (Å²) in [4.78, 5) is 11.7. The van der Waals surface area contributed by atoms with Gasteiger partial charge in [-0.2, -0.15) is 0 Å². The number of ether oxygens (including phenoxy) is 1. The van der Waals surface area contributed by atoms with Gasteiger partial charge >= 0.3 is 0 Å². The molecule has 0 fully saturated rings. The highest BCUT2D eigenvalue weighted by Crippen LogP contribution is 2.33. The monoisotopic (exact) mass is 304 g/mol. The number of nitrogens with one attached hydrogen (secondary N) is 2. The van der Waals surface area contributed by atoms with E-state index in [0.29, 0.717) is 18.2 Å². The lowest BCUT2D eigenvalue weighted by Crippen LogP contribution is -2.34. The molecule has 2 N–H and O–H groups in total. The van der Waals surface area contributed by atoms with E-state index < -0.39 is 0 Å². The number of amides is 1. The van der Waals surface area contributed by atoms with E-state index in [0.717, 1.165) is 24.2 Å². The summed E-state index contributed by atoms with van der Waals surface area (Å²) in [6, 6.07) is 5.56. The zero-order valence-corrected chi connectivity index (χ0v) is 12.3. The molecule has 1 aliphatic heterocycles. The van der Waals surface area contributed by atoms with Gasteiger partial charge in [0.2, 0.25) is 5.91 Å². The van der Waals surface area contributed by atoms with Crippen molar-refractivity contribution in [2.24, 2.45) is 0 Å². The summed E-state index contributed by atoms with van der Waals surface area (Å²) < 4.78 is 5.65. The zero-order chi connectivity index (χ0) is 13.0. The van der Waals surface area contributed by atoms with Crippen molar-refractivity contribution in [1.82, 2.24) is 10.6 Å².